The standard InChI is InChI=1S/C14H22N2O2S/c1-3-11(4-2)8-16-19(17,18)14-6-5-12-9-15-10-13(12)7-14/h5-7,11,15-16H,3-4,8-10H2,1-2H3. The van der Waals surface area contributed by atoms with Crippen LogP contribution < -0.4 is 10.0 Å². The predicted molar refractivity (Wildman–Crippen MR) is 76.2 cm³/mol. The fraction of sp³-hybridized carbons (Fsp3) is 0.571. The Morgan fingerprint density at radius 1 is 1.21 bits per heavy atom. The van der Waals surface area contributed by atoms with Gasteiger partial charge in [0, 0.05) is 19.6 Å². The van der Waals surface area contributed by atoms with E-state index in [1.54, 1.807) is 12.1 Å². The minimum Gasteiger partial charge on any atom is -0.309 e. The minimum atomic E-state index is -3.37. The Hall–Kier alpha value is -0.910. The Labute approximate surface area is 115 Å². The second kappa shape index (κ2) is 6.03. The molecule has 1 aromatic rings. The highest BCUT2D eigenvalue weighted by Crippen LogP contribution is 2.20. The summed E-state index contributed by atoms with van der Waals surface area (Å²) in [7, 11) is -3.37. The van der Waals surface area contributed by atoms with Gasteiger partial charge in [-0.15, -0.1) is 0 Å². The maximum atomic E-state index is 12.2. The van der Waals surface area contributed by atoms with E-state index in [2.05, 4.69) is 23.9 Å². The van der Waals surface area contributed by atoms with Gasteiger partial charge >= 0.3 is 0 Å². The molecule has 19 heavy (non-hydrogen) atoms. The van der Waals surface area contributed by atoms with Crippen LogP contribution in [0, 0.1) is 5.92 Å². The van der Waals surface area contributed by atoms with Gasteiger partial charge in [0.25, 0.3) is 0 Å². The molecule has 4 nitrogen and oxygen atoms in total. The molecule has 0 aromatic heterocycles. The summed E-state index contributed by atoms with van der Waals surface area (Å²) < 4.78 is 27.2. The lowest BCUT2D eigenvalue weighted by Crippen LogP contribution is -2.29. The van der Waals surface area contributed by atoms with Gasteiger partial charge in [-0.2, -0.15) is 0 Å². The molecule has 2 N–H and O–H groups in total. The van der Waals surface area contributed by atoms with E-state index in [9.17, 15) is 8.42 Å². The van der Waals surface area contributed by atoms with E-state index in [1.165, 1.54) is 5.56 Å². The number of nitrogens with one attached hydrogen (secondary N) is 2. The van der Waals surface area contributed by atoms with E-state index in [0.717, 1.165) is 31.5 Å². The zero-order valence-corrected chi connectivity index (χ0v) is 12.4. The molecular formula is C14H22N2O2S. The summed E-state index contributed by atoms with van der Waals surface area (Å²) in [4.78, 5) is 0.376. The van der Waals surface area contributed by atoms with Gasteiger partial charge in [0.15, 0.2) is 0 Å². The molecule has 0 fully saturated rings. The molecule has 0 aliphatic carbocycles. The number of hydrogen-bond acceptors (Lipinski definition) is 3. The van der Waals surface area contributed by atoms with Crippen LogP contribution >= 0.6 is 0 Å². The SMILES string of the molecule is CCC(CC)CNS(=O)(=O)c1ccc2c(c1)CNC2. The van der Waals surface area contributed by atoms with Crippen molar-refractivity contribution in [3.8, 4) is 0 Å². The van der Waals surface area contributed by atoms with Gasteiger partial charge in [-0.3, -0.25) is 0 Å². The van der Waals surface area contributed by atoms with Gasteiger partial charge in [0.1, 0.15) is 0 Å². The summed E-state index contributed by atoms with van der Waals surface area (Å²) in [6.45, 7) is 6.28. The van der Waals surface area contributed by atoms with Crippen LogP contribution in [-0.4, -0.2) is 15.0 Å². The van der Waals surface area contributed by atoms with Crippen LogP contribution in [0.3, 0.4) is 0 Å². The summed E-state index contributed by atoms with van der Waals surface area (Å²) >= 11 is 0. The van der Waals surface area contributed by atoms with Gasteiger partial charge in [-0.25, -0.2) is 13.1 Å². The van der Waals surface area contributed by atoms with Gasteiger partial charge in [0.05, 0.1) is 4.90 Å². The topological polar surface area (TPSA) is 58.2 Å². The van der Waals surface area contributed by atoms with Crippen LogP contribution in [0.5, 0.6) is 0 Å². The van der Waals surface area contributed by atoms with Crippen LogP contribution in [0.4, 0.5) is 0 Å². The zero-order valence-electron chi connectivity index (χ0n) is 11.6. The molecule has 0 spiro atoms. The molecule has 0 unspecified atom stereocenters. The monoisotopic (exact) mass is 282 g/mol. The van der Waals surface area contributed by atoms with Crippen LogP contribution in [0.1, 0.15) is 37.8 Å². The van der Waals surface area contributed by atoms with Crippen molar-refractivity contribution in [3.63, 3.8) is 0 Å². The molecule has 2 rings (SSSR count). The van der Waals surface area contributed by atoms with Crippen molar-refractivity contribution in [2.45, 2.75) is 44.7 Å². The molecular weight excluding hydrogens is 260 g/mol. The Morgan fingerprint density at radius 2 is 1.89 bits per heavy atom. The van der Waals surface area contributed by atoms with Crippen molar-refractivity contribution in [1.29, 1.82) is 0 Å². The van der Waals surface area contributed by atoms with Gasteiger partial charge in [-0.1, -0.05) is 32.8 Å². The molecule has 5 heteroatoms. The van der Waals surface area contributed by atoms with Crippen LogP contribution in [0.25, 0.3) is 0 Å². The summed E-state index contributed by atoms with van der Waals surface area (Å²) in [5.41, 5.74) is 2.28. The molecule has 106 valence electrons. The zero-order chi connectivity index (χ0) is 13.9. The minimum absolute atomic E-state index is 0.376. The Kier molecular flexibility index (Phi) is 4.60. The number of rotatable bonds is 6. The quantitative estimate of drug-likeness (QED) is 0.839. The molecule has 0 atom stereocenters. The van der Waals surface area contributed by atoms with E-state index >= 15 is 0 Å². The van der Waals surface area contributed by atoms with Crippen molar-refractivity contribution in [3.05, 3.63) is 29.3 Å². The van der Waals surface area contributed by atoms with Crippen molar-refractivity contribution in [2.75, 3.05) is 6.54 Å². The Morgan fingerprint density at radius 3 is 2.58 bits per heavy atom. The third kappa shape index (κ3) is 3.35. The summed E-state index contributed by atoms with van der Waals surface area (Å²) in [5, 5.41) is 3.22. The summed E-state index contributed by atoms with van der Waals surface area (Å²) in [6, 6.07) is 5.38. The molecule has 1 heterocycles. The summed E-state index contributed by atoms with van der Waals surface area (Å²) in [6.07, 6.45) is 1.99. The average Bonchev–Trinajstić information content (AvgIpc) is 2.87. The molecule has 0 saturated heterocycles. The third-order valence-electron chi connectivity index (χ3n) is 3.84. The highest BCUT2D eigenvalue weighted by molar-refractivity contribution is 7.89. The second-order valence-electron chi connectivity index (χ2n) is 5.07. The van der Waals surface area contributed by atoms with Crippen molar-refractivity contribution < 1.29 is 8.42 Å². The lowest BCUT2D eigenvalue weighted by Gasteiger charge is -2.14. The maximum Gasteiger partial charge on any atom is 0.240 e. The van der Waals surface area contributed by atoms with Gasteiger partial charge in [-0.05, 0) is 29.2 Å². The normalized spacial score (nSPS) is 14.9. The first-order valence-corrected chi connectivity index (χ1v) is 8.37. The Bertz CT molecular complexity index is 536. The molecule has 0 saturated carbocycles. The number of benzene rings is 1. The van der Waals surface area contributed by atoms with Crippen LogP contribution in [0.2, 0.25) is 0 Å². The van der Waals surface area contributed by atoms with Crippen molar-refractivity contribution in [2.24, 2.45) is 5.92 Å². The predicted octanol–water partition coefficient (Wildman–Crippen LogP) is 2.00. The van der Waals surface area contributed by atoms with E-state index in [4.69, 9.17) is 0 Å². The molecule has 1 aliphatic heterocycles. The highest BCUT2D eigenvalue weighted by atomic mass is 32.2. The van der Waals surface area contributed by atoms with E-state index in [1.807, 2.05) is 6.07 Å². The summed E-state index contributed by atoms with van der Waals surface area (Å²) in [5.74, 6) is 0.408. The first-order valence-electron chi connectivity index (χ1n) is 6.89. The average molecular weight is 282 g/mol. The largest absolute Gasteiger partial charge is 0.309 e. The van der Waals surface area contributed by atoms with Crippen LogP contribution in [-0.2, 0) is 23.1 Å². The van der Waals surface area contributed by atoms with Gasteiger partial charge in [0.2, 0.25) is 10.0 Å². The van der Waals surface area contributed by atoms with Crippen molar-refractivity contribution >= 4 is 10.0 Å². The second-order valence-corrected chi connectivity index (χ2v) is 6.84. The molecule has 1 aliphatic rings. The number of hydrogen-bond donors (Lipinski definition) is 2. The highest BCUT2D eigenvalue weighted by Gasteiger charge is 2.18. The van der Waals surface area contributed by atoms with E-state index in [0.29, 0.717) is 17.4 Å². The molecule has 0 radical (unpaired) electrons. The van der Waals surface area contributed by atoms with E-state index in [-0.39, 0.29) is 0 Å². The smallest absolute Gasteiger partial charge is 0.240 e. The molecule has 0 bridgehead atoms. The lowest BCUT2D eigenvalue weighted by molar-refractivity contribution is 0.479. The fourth-order valence-corrected chi connectivity index (χ4v) is 3.49. The Balaban J connectivity index is 2.11. The third-order valence-corrected chi connectivity index (χ3v) is 5.26. The number of sulfonamides is 1. The van der Waals surface area contributed by atoms with Crippen LogP contribution in [0.15, 0.2) is 23.1 Å². The fourth-order valence-electron chi connectivity index (χ4n) is 2.33. The number of fused-ring (bicyclic) bond motifs is 1. The molecule has 1 aromatic carbocycles. The lowest BCUT2D eigenvalue weighted by atomic mass is 10.0. The first-order chi connectivity index (χ1) is 9.06. The first kappa shape index (κ1) is 14.5. The maximum absolute atomic E-state index is 12.2. The van der Waals surface area contributed by atoms with Gasteiger partial charge < -0.3 is 5.32 Å². The molecule has 0 amide bonds. The van der Waals surface area contributed by atoms with Crippen molar-refractivity contribution in [1.82, 2.24) is 10.0 Å². The van der Waals surface area contributed by atoms with E-state index < -0.39 is 10.0 Å².